The van der Waals surface area contributed by atoms with Gasteiger partial charge in [-0.15, -0.1) is 0 Å². The molecular weight excluding hydrogens is 118 g/mol. The maximum absolute atomic E-state index is 7.00. The molecule has 0 aromatic carbocycles. The third-order valence-corrected chi connectivity index (χ3v) is 0. The van der Waals surface area contributed by atoms with Crippen molar-refractivity contribution < 1.29 is 46.3 Å². The van der Waals surface area contributed by atoms with Gasteiger partial charge in [0, 0.05) is 29.7 Å². The maximum atomic E-state index is 7.00. The molecule has 0 aromatic rings. The van der Waals surface area contributed by atoms with Crippen LogP contribution in [-0.4, -0.2) is 45.1 Å². The molecule has 0 atom stereocenters. The minimum Gasteiger partial charge on any atom is -1.00 e. The van der Waals surface area contributed by atoms with Crippen molar-refractivity contribution in [2.75, 3.05) is 21.3 Å². The summed E-state index contributed by atoms with van der Waals surface area (Å²) in [6, 6.07) is 0. The third-order valence-electron chi connectivity index (χ3n) is 0. The number of hydrogen-bond donors (Lipinski definition) is 3. The molecule has 0 heterocycles. The molecule has 0 saturated heterocycles. The van der Waals surface area contributed by atoms with Gasteiger partial charge in [0.1, 0.15) is 0 Å². The zero-order valence-corrected chi connectivity index (χ0v) is 7.92. The summed E-state index contributed by atoms with van der Waals surface area (Å²) < 4.78 is 0. The molecule has 5 heteroatoms. The van der Waals surface area contributed by atoms with Crippen LogP contribution >= 0.6 is 0 Å². The first-order chi connectivity index (χ1) is 3.00. The van der Waals surface area contributed by atoms with Gasteiger partial charge in [-0.25, -0.2) is 0 Å². The van der Waals surface area contributed by atoms with E-state index in [1.807, 2.05) is 0 Å². The van der Waals surface area contributed by atoms with E-state index in [4.69, 9.17) is 15.3 Å². The van der Waals surface area contributed by atoms with Gasteiger partial charge < -0.3 is 16.7 Å². The Morgan fingerprint density at radius 3 is 0.750 bits per heavy atom. The fourth-order valence-electron chi connectivity index (χ4n) is 0. The van der Waals surface area contributed by atoms with Crippen molar-refractivity contribution in [1.82, 2.24) is 0 Å². The van der Waals surface area contributed by atoms with E-state index in [0.29, 0.717) is 0 Å². The summed E-state index contributed by atoms with van der Waals surface area (Å²) in [4.78, 5) is 0. The number of rotatable bonds is 0. The standard InChI is InChI=1S/3CH4O.B.Na.H/c3*1-2;;;/h3*2H,1H3;;;/q;;;;+1;-1. The van der Waals surface area contributed by atoms with Crippen molar-refractivity contribution in [3.8, 4) is 0 Å². The van der Waals surface area contributed by atoms with E-state index < -0.39 is 0 Å². The molecule has 3 nitrogen and oxygen atoms in total. The van der Waals surface area contributed by atoms with Crippen LogP contribution in [0.1, 0.15) is 1.43 Å². The normalized spacial score (nSPS) is 2.25. The Morgan fingerprint density at radius 2 is 0.750 bits per heavy atom. The molecule has 0 bridgehead atoms. The zero-order chi connectivity index (χ0) is 6.00. The first-order valence-electron chi connectivity index (χ1n) is 1.34. The molecule has 3 radical (unpaired) electrons. The molecule has 0 aromatic heterocycles. The maximum Gasteiger partial charge on any atom is 1.00 e. The summed E-state index contributed by atoms with van der Waals surface area (Å²) in [5.74, 6) is 0. The molecule has 8 heavy (non-hydrogen) atoms. The molecule has 0 unspecified atom stereocenters. The Labute approximate surface area is 76.1 Å². The minimum absolute atomic E-state index is 0. The predicted octanol–water partition coefficient (Wildman–Crippen LogP) is -4.44. The van der Waals surface area contributed by atoms with Gasteiger partial charge >= 0.3 is 29.6 Å². The van der Waals surface area contributed by atoms with E-state index in [1.54, 1.807) is 0 Å². The molecular formula is C3H13BNaO3. The fraction of sp³-hybridized carbons (Fsp3) is 1.00. The van der Waals surface area contributed by atoms with Crippen molar-refractivity contribution in [3.63, 3.8) is 0 Å². The summed E-state index contributed by atoms with van der Waals surface area (Å²) >= 11 is 0. The summed E-state index contributed by atoms with van der Waals surface area (Å²) in [5.41, 5.74) is 0. The van der Waals surface area contributed by atoms with Crippen LogP contribution in [0.4, 0.5) is 0 Å². The van der Waals surface area contributed by atoms with Gasteiger partial charge in [-0.05, 0) is 0 Å². The SMILES string of the molecule is CO.CO.CO.[B].[H-].[Na+]. The topological polar surface area (TPSA) is 60.7 Å². The van der Waals surface area contributed by atoms with Gasteiger partial charge in [-0.2, -0.15) is 0 Å². The quantitative estimate of drug-likeness (QED) is 0.291. The van der Waals surface area contributed by atoms with Gasteiger partial charge in [0.15, 0.2) is 0 Å². The van der Waals surface area contributed by atoms with Crippen LogP contribution < -0.4 is 29.6 Å². The molecule has 0 rings (SSSR count). The van der Waals surface area contributed by atoms with Gasteiger partial charge in [0.25, 0.3) is 0 Å². The molecule has 0 saturated carbocycles. The second-order valence-corrected chi connectivity index (χ2v) is 0. The van der Waals surface area contributed by atoms with Crippen LogP contribution in [0.2, 0.25) is 0 Å². The second kappa shape index (κ2) is 429. The van der Waals surface area contributed by atoms with Crippen LogP contribution in [0.5, 0.6) is 0 Å². The zero-order valence-electron chi connectivity index (χ0n) is 6.92. The Hall–Kier alpha value is 0.945. The van der Waals surface area contributed by atoms with E-state index >= 15 is 0 Å². The third kappa shape index (κ3) is 275. The van der Waals surface area contributed by atoms with Crippen molar-refractivity contribution in [2.24, 2.45) is 0 Å². The number of aliphatic hydroxyl groups is 3. The van der Waals surface area contributed by atoms with Crippen LogP contribution in [-0.2, 0) is 0 Å². The number of hydrogen-bond acceptors (Lipinski definition) is 3. The Bertz CT molecular complexity index is 19.0. The summed E-state index contributed by atoms with van der Waals surface area (Å²) in [5, 5.41) is 21.0. The fourth-order valence-corrected chi connectivity index (χ4v) is 0. The van der Waals surface area contributed by atoms with Crippen molar-refractivity contribution in [2.45, 2.75) is 0 Å². The van der Waals surface area contributed by atoms with Crippen LogP contribution in [0.3, 0.4) is 0 Å². The van der Waals surface area contributed by atoms with Crippen LogP contribution in [0.25, 0.3) is 0 Å². The summed E-state index contributed by atoms with van der Waals surface area (Å²) in [6.07, 6.45) is 0. The monoisotopic (exact) mass is 131 g/mol. The van der Waals surface area contributed by atoms with Crippen LogP contribution in [0.15, 0.2) is 0 Å². The molecule has 3 N–H and O–H groups in total. The summed E-state index contributed by atoms with van der Waals surface area (Å²) in [7, 11) is 3.00. The smallest absolute Gasteiger partial charge is 1.00 e. The van der Waals surface area contributed by atoms with E-state index in [9.17, 15) is 0 Å². The van der Waals surface area contributed by atoms with Crippen molar-refractivity contribution >= 4 is 8.41 Å². The van der Waals surface area contributed by atoms with E-state index in [-0.39, 0.29) is 39.4 Å². The molecule has 0 fully saturated rings. The average molecular weight is 131 g/mol. The van der Waals surface area contributed by atoms with E-state index in [2.05, 4.69) is 0 Å². The van der Waals surface area contributed by atoms with Gasteiger partial charge in [-0.1, -0.05) is 0 Å². The Kier molecular flexibility index (Phi) is 1950. The number of aliphatic hydroxyl groups excluding tert-OH is 3. The molecule has 0 spiro atoms. The first kappa shape index (κ1) is 36.3. The largest absolute Gasteiger partial charge is 1.00 e. The van der Waals surface area contributed by atoms with E-state index in [0.717, 1.165) is 21.3 Å². The molecule has 47 valence electrons. The average Bonchev–Trinajstić information content (AvgIpc) is 1.81. The van der Waals surface area contributed by atoms with E-state index in [1.165, 1.54) is 0 Å². The minimum atomic E-state index is 0. The molecule has 0 aliphatic heterocycles. The predicted molar refractivity (Wildman–Crippen MR) is 31.3 cm³/mol. The van der Waals surface area contributed by atoms with Gasteiger partial charge in [0.05, 0.1) is 0 Å². The Balaban J connectivity index is -0.00000000321. The first-order valence-corrected chi connectivity index (χ1v) is 1.34. The summed E-state index contributed by atoms with van der Waals surface area (Å²) in [6.45, 7) is 0. The Morgan fingerprint density at radius 1 is 0.750 bits per heavy atom. The molecule has 0 aliphatic rings. The molecule has 0 amide bonds. The second-order valence-electron chi connectivity index (χ2n) is 0. The van der Waals surface area contributed by atoms with Gasteiger partial charge in [-0.3, -0.25) is 0 Å². The molecule has 0 aliphatic carbocycles. The van der Waals surface area contributed by atoms with Crippen molar-refractivity contribution in [1.29, 1.82) is 0 Å². The van der Waals surface area contributed by atoms with Crippen molar-refractivity contribution in [3.05, 3.63) is 0 Å². The van der Waals surface area contributed by atoms with Gasteiger partial charge in [0.2, 0.25) is 0 Å². The van der Waals surface area contributed by atoms with Crippen LogP contribution in [0, 0.1) is 0 Å².